The van der Waals surface area contributed by atoms with E-state index in [0.717, 1.165) is 44.4 Å². The lowest BCUT2D eigenvalue weighted by atomic mass is 10.2. The van der Waals surface area contributed by atoms with Gasteiger partial charge in [0, 0.05) is 39.8 Å². The summed E-state index contributed by atoms with van der Waals surface area (Å²) in [6, 6.07) is 8.08. The SMILES string of the molecule is CN=C(NCCN1CCCN(C)CC1)NCc1ccc(OC)cc1.I. The second-order valence-electron chi connectivity index (χ2n) is 6.20. The van der Waals surface area contributed by atoms with Crippen molar-refractivity contribution in [2.75, 3.05) is 60.5 Å². The number of aliphatic imine (C=N–C) groups is 1. The molecule has 1 aromatic rings. The second-order valence-corrected chi connectivity index (χ2v) is 6.20. The van der Waals surface area contributed by atoms with Gasteiger partial charge in [0.15, 0.2) is 5.96 Å². The zero-order valence-corrected chi connectivity index (χ0v) is 18.0. The molecule has 1 saturated heterocycles. The number of likely N-dealkylation sites (N-methyl/N-ethyl adjacent to an activating group) is 1. The van der Waals surface area contributed by atoms with Crippen LogP contribution in [-0.2, 0) is 6.54 Å². The summed E-state index contributed by atoms with van der Waals surface area (Å²) in [6.07, 6.45) is 1.25. The number of benzene rings is 1. The third-order valence-corrected chi connectivity index (χ3v) is 4.38. The van der Waals surface area contributed by atoms with Crippen molar-refractivity contribution in [2.45, 2.75) is 13.0 Å². The molecule has 1 fully saturated rings. The van der Waals surface area contributed by atoms with E-state index in [0.29, 0.717) is 0 Å². The van der Waals surface area contributed by atoms with Gasteiger partial charge in [0.05, 0.1) is 7.11 Å². The van der Waals surface area contributed by atoms with Crippen molar-refractivity contribution in [2.24, 2.45) is 4.99 Å². The summed E-state index contributed by atoms with van der Waals surface area (Å²) in [5.74, 6) is 1.72. The minimum Gasteiger partial charge on any atom is -0.497 e. The maximum absolute atomic E-state index is 5.18. The van der Waals surface area contributed by atoms with Gasteiger partial charge in [-0.05, 0) is 44.3 Å². The van der Waals surface area contributed by atoms with Crippen molar-refractivity contribution < 1.29 is 4.74 Å². The normalized spacial score (nSPS) is 16.7. The van der Waals surface area contributed by atoms with E-state index in [-0.39, 0.29) is 24.0 Å². The van der Waals surface area contributed by atoms with E-state index < -0.39 is 0 Å². The molecule has 0 aliphatic carbocycles. The summed E-state index contributed by atoms with van der Waals surface area (Å²) in [4.78, 5) is 9.22. The van der Waals surface area contributed by atoms with E-state index in [4.69, 9.17) is 4.74 Å². The predicted molar refractivity (Wildman–Crippen MR) is 115 cm³/mol. The van der Waals surface area contributed by atoms with Crippen molar-refractivity contribution >= 4 is 29.9 Å². The average molecular weight is 461 g/mol. The van der Waals surface area contributed by atoms with Crippen molar-refractivity contribution in [1.29, 1.82) is 0 Å². The van der Waals surface area contributed by atoms with Gasteiger partial charge in [-0.25, -0.2) is 0 Å². The highest BCUT2D eigenvalue weighted by atomic mass is 127. The number of hydrogen-bond donors (Lipinski definition) is 2. The standard InChI is InChI=1S/C18H31N5O.HI/c1-19-18(21-15-16-5-7-17(24-3)8-6-16)20-9-12-23-11-4-10-22(2)13-14-23;/h5-8H,4,9-15H2,1-3H3,(H2,19,20,21);1H. The number of halogens is 1. The third-order valence-electron chi connectivity index (χ3n) is 4.38. The Labute approximate surface area is 169 Å². The topological polar surface area (TPSA) is 52.1 Å². The Morgan fingerprint density at radius 1 is 1.12 bits per heavy atom. The van der Waals surface area contributed by atoms with Crippen LogP contribution < -0.4 is 15.4 Å². The Morgan fingerprint density at radius 3 is 2.56 bits per heavy atom. The van der Waals surface area contributed by atoms with Gasteiger partial charge in [-0.1, -0.05) is 12.1 Å². The number of guanidine groups is 1. The zero-order chi connectivity index (χ0) is 17.2. The number of ether oxygens (including phenoxy) is 1. The molecular weight excluding hydrogens is 429 g/mol. The molecule has 1 aliphatic heterocycles. The van der Waals surface area contributed by atoms with Gasteiger partial charge in [0.1, 0.15) is 5.75 Å². The number of nitrogens with zero attached hydrogens (tertiary/aromatic N) is 3. The molecule has 1 aliphatic rings. The molecule has 0 aromatic heterocycles. The van der Waals surface area contributed by atoms with Crippen LogP contribution in [-0.4, -0.2) is 76.2 Å². The first-order chi connectivity index (χ1) is 11.7. The molecule has 0 spiro atoms. The highest BCUT2D eigenvalue weighted by Crippen LogP contribution is 2.10. The van der Waals surface area contributed by atoms with Crippen LogP contribution in [0.2, 0.25) is 0 Å². The van der Waals surface area contributed by atoms with Crippen LogP contribution in [0.15, 0.2) is 29.3 Å². The van der Waals surface area contributed by atoms with Crippen LogP contribution >= 0.6 is 24.0 Å². The first kappa shape index (κ1) is 22.0. The lowest BCUT2D eigenvalue weighted by Gasteiger charge is -2.21. The Bertz CT molecular complexity index is 509. The third kappa shape index (κ3) is 8.24. The lowest BCUT2D eigenvalue weighted by molar-refractivity contribution is 0.280. The first-order valence-electron chi connectivity index (χ1n) is 8.69. The average Bonchev–Trinajstić information content (AvgIpc) is 2.82. The van der Waals surface area contributed by atoms with Gasteiger partial charge in [-0.3, -0.25) is 4.99 Å². The summed E-state index contributed by atoms with van der Waals surface area (Å²) in [7, 11) is 5.69. The van der Waals surface area contributed by atoms with Crippen LogP contribution in [0, 0.1) is 0 Å². The van der Waals surface area contributed by atoms with E-state index in [1.807, 2.05) is 19.2 Å². The van der Waals surface area contributed by atoms with Gasteiger partial charge in [0.2, 0.25) is 0 Å². The van der Waals surface area contributed by atoms with Crippen LogP contribution in [0.4, 0.5) is 0 Å². The predicted octanol–water partition coefficient (Wildman–Crippen LogP) is 1.62. The quantitative estimate of drug-likeness (QED) is 0.383. The molecule has 25 heavy (non-hydrogen) atoms. The van der Waals surface area contributed by atoms with Crippen LogP contribution in [0.1, 0.15) is 12.0 Å². The molecule has 6 nitrogen and oxygen atoms in total. The summed E-state index contributed by atoms with van der Waals surface area (Å²) < 4.78 is 5.18. The van der Waals surface area contributed by atoms with Crippen LogP contribution in [0.5, 0.6) is 5.75 Å². The van der Waals surface area contributed by atoms with Crippen LogP contribution in [0.25, 0.3) is 0 Å². The molecule has 142 valence electrons. The number of nitrogens with one attached hydrogen (secondary N) is 2. The number of hydrogen-bond acceptors (Lipinski definition) is 4. The molecule has 0 amide bonds. The highest BCUT2D eigenvalue weighted by Gasteiger charge is 2.11. The zero-order valence-electron chi connectivity index (χ0n) is 15.6. The molecule has 0 atom stereocenters. The van der Waals surface area contributed by atoms with Gasteiger partial charge >= 0.3 is 0 Å². The largest absolute Gasteiger partial charge is 0.497 e. The lowest BCUT2D eigenvalue weighted by Crippen LogP contribution is -2.42. The molecule has 0 radical (unpaired) electrons. The molecule has 1 heterocycles. The molecule has 2 N–H and O–H groups in total. The molecule has 1 aromatic carbocycles. The summed E-state index contributed by atoms with van der Waals surface area (Å²) in [5.41, 5.74) is 1.20. The summed E-state index contributed by atoms with van der Waals surface area (Å²) in [6.45, 7) is 7.40. The van der Waals surface area contributed by atoms with E-state index in [1.54, 1.807) is 7.11 Å². The van der Waals surface area contributed by atoms with Crippen molar-refractivity contribution in [3.63, 3.8) is 0 Å². The summed E-state index contributed by atoms with van der Waals surface area (Å²) >= 11 is 0. The molecular formula is C18H32IN5O. The Hall–Kier alpha value is -1.06. The van der Waals surface area contributed by atoms with E-state index in [2.05, 4.69) is 44.6 Å². The van der Waals surface area contributed by atoms with Crippen molar-refractivity contribution in [3.05, 3.63) is 29.8 Å². The highest BCUT2D eigenvalue weighted by molar-refractivity contribution is 14.0. The number of methoxy groups -OCH3 is 1. The van der Waals surface area contributed by atoms with E-state index in [1.165, 1.54) is 25.1 Å². The molecule has 0 saturated carbocycles. The fourth-order valence-corrected chi connectivity index (χ4v) is 2.81. The molecule has 0 bridgehead atoms. The Kier molecular flexibility index (Phi) is 10.8. The van der Waals surface area contributed by atoms with E-state index >= 15 is 0 Å². The maximum atomic E-state index is 5.18. The molecule has 0 unspecified atom stereocenters. The van der Waals surface area contributed by atoms with Gasteiger partial charge < -0.3 is 25.2 Å². The van der Waals surface area contributed by atoms with Gasteiger partial charge in [-0.15, -0.1) is 24.0 Å². The van der Waals surface area contributed by atoms with Gasteiger partial charge in [-0.2, -0.15) is 0 Å². The van der Waals surface area contributed by atoms with Crippen LogP contribution in [0.3, 0.4) is 0 Å². The Morgan fingerprint density at radius 2 is 1.88 bits per heavy atom. The van der Waals surface area contributed by atoms with E-state index in [9.17, 15) is 0 Å². The van der Waals surface area contributed by atoms with Crippen molar-refractivity contribution in [3.8, 4) is 5.75 Å². The monoisotopic (exact) mass is 461 g/mol. The molecule has 2 rings (SSSR count). The fourth-order valence-electron chi connectivity index (χ4n) is 2.81. The molecule has 7 heteroatoms. The minimum absolute atomic E-state index is 0. The van der Waals surface area contributed by atoms with Crippen molar-refractivity contribution in [1.82, 2.24) is 20.4 Å². The maximum Gasteiger partial charge on any atom is 0.191 e. The minimum atomic E-state index is 0. The smallest absolute Gasteiger partial charge is 0.191 e. The number of rotatable bonds is 6. The first-order valence-corrected chi connectivity index (χ1v) is 8.69. The second kappa shape index (κ2) is 12.3. The fraction of sp³-hybridized carbons (Fsp3) is 0.611. The summed E-state index contributed by atoms with van der Waals surface area (Å²) in [5, 5.41) is 6.75. The Balaban J connectivity index is 0.00000312. The van der Waals surface area contributed by atoms with Gasteiger partial charge in [0.25, 0.3) is 0 Å².